The second kappa shape index (κ2) is 5.25. The van der Waals surface area contributed by atoms with Crippen LogP contribution in [-0.4, -0.2) is 42.1 Å². The number of H-pyrrole nitrogens is 1. The zero-order valence-electron chi connectivity index (χ0n) is 11.4. The van der Waals surface area contributed by atoms with Crippen molar-refractivity contribution in [1.29, 1.82) is 0 Å². The molecule has 20 heavy (non-hydrogen) atoms. The van der Waals surface area contributed by atoms with E-state index in [1.807, 2.05) is 6.92 Å². The van der Waals surface area contributed by atoms with Crippen molar-refractivity contribution < 1.29 is 13.9 Å². The largest absolute Gasteiger partial charge is 0.378 e. The number of carbonyl (C=O) groups excluding carboxylic acids is 1. The average molecular weight is 276 g/mol. The number of aromatic amines is 1. The molecular weight excluding hydrogens is 259 g/mol. The Balaban J connectivity index is 1.88. The molecule has 2 aromatic rings. The molecule has 3 rings (SSSR count). The summed E-state index contributed by atoms with van der Waals surface area (Å²) in [5.74, 6) is -0.210. The second-order valence-corrected chi connectivity index (χ2v) is 5.09. The molecule has 2 heterocycles. The summed E-state index contributed by atoms with van der Waals surface area (Å²) in [7, 11) is 0. The fraction of sp³-hybridized carbons (Fsp3) is 0.400. The summed E-state index contributed by atoms with van der Waals surface area (Å²) in [6, 6.07) is 4.62. The number of ether oxygens (including phenoxy) is 1. The van der Waals surface area contributed by atoms with Crippen LogP contribution < -0.4 is 0 Å². The number of rotatable bonds is 2. The topological polar surface area (TPSA) is 45.3 Å². The molecule has 5 heteroatoms. The van der Waals surface area contributed by atoms with E-state index >= 15 is 0 Å². The van der Waals surface area contributed by atoms with Gasteiger partial charge >= 0.3 is 0 Å². The fourth-order valence-electron chi connectivity index (χ4n) is 2.66. The maximum Gasteiger partial charge on any atom is 0.227 e. The van der Waals surface area contributed by atoms with E-state index in [1.165, 1.54) is 12.1 Å². The first-order chi connectivity index (χ1) is 9.65. The predicted molar refractivity (Wildman–Crippen MR) is 74.1 cm³/mol. The van der Waals surface area contributed by atoms with Gasteiger partial charge in [0.25, 0.3) is 0 Å². The summed E-state index contributed by atoms with van der Waals surface area (Å²) in [5, 5.41) is 0.795. The van der Waals surface area contributed by atoms with E-state index in [1.54, 1.807) is 11.0 Å². The van der Waals surface area contributed by atoms with E-state index in [0.29, 0.717) is 32.7 Å². The minimum Gasteiger partial charge on any atom is -0.378 e. The van der Waals surface area contributed by atoms with Gasteiger partial charge < -0.3 is 14.6 Å². The molecule has 1 aliphatic heterocycles. The van der Waals surface area contributed by atoms with Crippen LogP contribution in [0.25, 0.3) is 10.9 Å². The number of fused-ring (bicyclic) bond motifs is 1. The van der Waals surface area contributed by atoms with Crippen molar-refractivity contribution in [2.24, 2.45) is 0 Å². The van der Waals surface area contributed by atoms with Gasteiger partial charge in [-0.3, -0.25) is 4.79 Å². The summed E-state index contributed by atoms with van der Waals surface area (Å²) in [4.78, 5) is 17.3. The third-order valence-electron chi connectivity index (χ3n) is 3.77. The van der Waals surface area contributed by atoms with Gasteiger partial charge in [-0.25, -0.2) is 4.39 Å². The van der Waals surface area contributed by atoms with Crippen LogP contribution in [0.1, 0.15) is 11.3 Å². The molecule has 1 fully saturated rings. The smallest absolute Gasteiger partial charge is 0.227 e. The monoisotopic (exact) mass is 276 g/mol. The van der Waals surface area contributed by atoms with Crippen molar-refractivity contribution in [3.63, 3.8) is 0 Å². The molecule has 0 bridgehead atoms. The zero-order chi connectivity index (χ0) is 14.1. The SMILES string of the molecule is Cc1[nH]c2ccc(F)cc2c1CC(=O)N1CCOCC1. The number of hydrogen-bond donors (Lipinski definition) is 1. The van der Waals surface area contributed by atoms with Crippen molar-refractivity contribution in [3.05, 3.63) is 35.3 Å². The van der Waals surface area contributed by atoms with Crippen LogP contribution in [-0.2, 0) is 16.0 Å². The Bertz CT molecular complexity index is 645. The number of aromatic nitrogens is 1. The number of hydrogen-bond acceptors (Lipinski definition) is 2. The predicted octanol–water partition coefficient (Wildman–Crippen LogP) is 2.02. The lowest BCUT2D eigenvalue weighted by atomic mass is 10.1. The lowest BCUT2D eigenvalue weighted by Gasteiger charge is -2.26. The Morgan fingerprint density at radius 2 is 2.15 bits per heavy atom. The highest BCUT2D eigenvalue weighted by Gasteiger charge is 2.20. The Morgan fingerprint density at radius 3 is 2.90 bits per heavy atom. The van der Waals surface area contributed by atoms with Crippen molar-refractivity contribution in [1.82, 2.24) is 9.88 Å². The minimum absolute atomic E-state index is 0.0709. The Morgan fingerprint density at radius 1 is 1.40 bits per heavy atom. The maximum atomic E-state index is 13.4. The van der Waals surface area contributed by atoms with E-state index in [-0.39, 0.29) is 11.7 Å². The molecule has 0 saturated carbocycles. The lowest BCUT2D eigenvalue weighted by molar-refractivity contribution is -0.134. The first kappa shape index (κ1) is 13.1. The number of carbonyl (C=O) groups is 1. The van der Waals surface area contributed by atoms with Gasteiger partial charge in [0.2, 0.25) is 5.91 Å². The van der Waals surface area contributed by atoms with Crippen LogP contribution in [0.4, 0.5) is 4.39 Å². The maximum absolute atomic E-state index is 13.4. The van der Waals surface area contributed by atoms with Crippen LogP contribution in [0.3, 0.4) is 0 Å². The molecule has 0 spiro atoms. The molecule has 0 unspecified atom stereocenters. The Labute approximate surface area is 116 Å². The Kier molecular flexibility index (Phi) is 3.44. The summed E-state index contributed by atoms with van der Waals surface area (Å²) in [6.07, 6.45) is 0.301. The van der Waals surface area contributed by atoms with Gasteiger partial charge in [0.1, 0.15) is 5.82 Å². The van der Waals surface area contributed by atoms with Crippen molar-refractivity contribution >= 4 is 16.8 Å². The molecule has 0 aliphatic carbocycles. The van der Waals surface area contributed by atoms with Gasteiger partial charge in [-0.2, -0.15) is 0 Å². The summed E-state index contributed by atoms with van der Waals surface area (Å²) >= 11 is 0. The first-order valence-electron chi connectivity index (χ1n) is 6.77. The quantitative estimate of drug-likeness (QED) is 0.912. The van der Waals surface area contributed by atoms with Crippen LogP contribution in [0, 0.1) is 12.7 Å². The van der Waals surface area contributed by atoms with Crippen LogP contribution in [0.15, 0.2) is 18.2 Å². The van der Waals surface area contributed by atoms with E-state index < -0.39 is 0 Å². The van der Waals surface area contributed by atoms with Crippen molar-refractivity contribution in [3.8, 4) is 0 Å². The van der Waals surface area contributed by atoms with E-state index in [0.717, 1.165) is 22.2 Å². The molecular formula is C15H17FN2O2. The summed E-state index contributed by atoms with van der Waals surface area (Å²) < 4.78 is 18.6. The van der Waals surface area contributed by atoms with Gasteiger partial charge in [0.15, 0.2) is 0 Å². The molecule has 1 aromatic carbocycles. The normalized spacial score (nSPS) is 15.8. The molecule has 0 atom stereocenters. The molecule has 4 nitrogen and oxygen atoms in total. The summed E-state index contributed by atoms with van der Waals surface area (Å²) in [5.41, 5.74) is 2.68. The molecule has 1 aliphatic rings. The van der Waals surface area contributed by atoms with Gasteiger partial charge in [0, 0.05) is 29.7 Å². The third-order valence-corrected chi connectivity index (χ3v) is 3.77. The second-order valence-electron chi connectivity index (χ2n) is 5.09. The highest BCUT2D eigenvalue weighted by molar-refractivity contribution is 5.90. The molecule has 1 amide bonds. The number of nitrogens with one attached hydrogen (secondary N) is 1. The molecule has 1 aromatic heterocycles. The molecule has 1 N–H and O–H groups in total. The molecule has 106 valence electrons. The highest BCUT2D eigenvalue weighted by atomic mass is 19.1. The lowest BCUT2D eigenvalue weighted by Crippen LogP contribution is -2.41. The number of nitrogens with zero attached hydrogens (tertiary/aromatic N) is 1. The number of amides is 1. The van der Waals surface area contributed by atoms with Crippen molar-refractivity contribution in [2.45, 2.75) is 13.3 Å². The van der Waals surface area contributed by atoms with Crippen LogP contribution in [0.5, 0.6) is 0 Å². The van der Waals surface area contributed by atoms with Crippen LogP contribution >= 0.6 is 0 Å². The van der Waals surface area contributed by atoms with E-state index in [2.05, 4.69) is 4.98 Å². The average Bonchev–Trinajstić information content (AvgIpc) is 2.76. The Hall–Kier alpha value is -1.88. The fourth-order valence-corrected chi connectivity index (χ4v) is 2.66. The van der Waals surface area contributed by atoms with Crippen LogP contribution in [0.2, 0.25) is 0 Å². The standard InChI is InChI=1S/C15H17FN2O2/c1-10-12(9-15(19)18-4-6-20-7-5-18)13-8-11(16)2-3-14(13)17-10/h2-3,8,17H,4-7,9H2,1H3. The van der Waals surface area contributed by atoms with Gasteiger partial charge in [-0.15, -0.1) is 0 Å². The number of morpholine rings is 1. The van der Waals surface area contributed by atoms with E-state index in [4.69, 9.17) is 4.74 Å². The number of aryl methyl sites for hydroxylation is 1. The minimum atomic E-state index is -0.281. The number of halogens is 1. The first-order valence-corrected chi connectivity index (χ1v) is 6.77. The van der Waals surface area contributed by atoms with Gasteiger partial charge in [-0.1, -0.05) is 0 Å². The zero-order valence-corrected chi connectivity index (χ0v) is 11.4. The molecule has 1 saturated heterocycles. The van der Waals surface area contributed by atoms with Gasteiger partial charge in [-0.05, 0) is 30.7 Å². The molecule has 0 radical (unpaired) electrons. The number of benzene rings is 1. The van der Waals surface area contributed by atoms with Crippen molar-refractivity contribution in [2.75, 3.05) is 26.3 Å². The summed E-state index contributed by atoms with van der Waals surface area (Å²) in [6.45, 7) is 4.36. The van der Waals surface area contributed by atoms with Gasteiger partial charge in [0.05, 0.1) is 19.6 Å². The third kappa shape index (κ3) is 2.41. The highest BCUT2D eigenvalue weighted by Crippen LogP contribution is 2.24. The van der Waals surface area contributed by atoms with E-state index in [9.17, 15) is 9.18 Å².